The summed E-state index contributed by atoms with van der Waals surface area (Å²) in [5, 5.41) is 6.53. The molecule has 0 bridgehead atoms. The van der Waals surface area contributed by atoms with Crippen molar-refractivity contribution in [1.29, 1.82) is 0 Å². The van der Waals surface area contributed by atoms with Crippen LogP contribution in [0.3, 0.4) is 0 Å². The zero-order valence-corrected chi connectivity index (χ0v) is 19.0. The van der Waals surface area contributed by atoms with Gasteiger partial charge in [0.1, 0.15) is 11.1 Å². The summed E-state index contributed by atoms with van der Waals surface area (Å²) in [6, 6.07) is 9.24. The van der Waals surface area contributed by atoms with Crippen molar-refractivity contribution in [3.05, 3.63) is 45.9 Å². The SMILES string of the molecule is CCNC(=NCCN1c2ccccc2CC1C)N(C)Cc1csc(C(C)OC)n1. The number of nitrogens with zero attached hydrogens (tertiary/aromatic N) is 4. The number of thiazole rings is 1. The molecule has 1 aromatic carbocycles. The lowest BCUT2D eigenvalue weighted by molar-refractivity contribution is 0.119. The van der Waals surface area contributed by atoms with E-state index in [1.165, 1.54) is 11.3 Å². The molecule has 2 aromatic rings. The van der Waals surface area contributed by atoms with Crippen LogP contribution in [0.4, 0.5) is 5.69 Å². The fourth-order valence-corrected chi connectivity index (χ4v) is 4.55. The van der Waals surface area contributed by atoms with E-state index in [0.29, 0.717) is 6.04 Å². The number of nitrogens with one attached hydrogen (secondary N) is 1. The van der Waals surface area contributed by atoms with Gasteiger partial charge >= 0.3 is 0 Å². The van der Waals surface area contributed by atoms with Crippen LogP contribution in [0.25, 0.3) is 0 Å². The predicted molar refractivity (Wildman–Crippen MR) is 122 cm³/mol. The van der Waals surface area contributed by atoms with Crippen molar-refractivity contribution in [2.24, 2.45) is 4.99 Å². The van der Waals surface area contributed by atoms with Gasteiger partial charge in [-0.15, -0.1) is 11.3 Å². The Bertz CT molecular complexity index is 821. The molecule has 0 fully saturated rings. The number of benzene rings is 1. The molecule has 7 heteroatoms. The quantitative estimate of drug-likeness (QED) is 0.526. The lowest BCUT2D eigenvalue weighted by Gasteiger charge is -2.25. The molecular weight excluding hydrogens is 382 g/mol. The first-order chi connectivity index (χ1) is 14.0. The van der Waals surface area contributed by atoms with Gasteiger partial charge in [-0.25, -0.2) is 4.98 Å². The number of aromatic nitrogens is 1. The molecule has 158 valence electrons. The maximum atomic E-state index is 5.37. The average molecular weight is 416 g/mol. The maximum absolute atomic E-state index is 5.37. The van der Waals surface area contributed by atoms with Gasteiger partial charge in [-0.1, -0.05) is 18.2 Å². The third kappa shape index (κ3) is 5.28. The van der Waals surface area contributed by atoms with Crippen molar-refractivity contribution >= 4 is 23.0 Å². The van der Waals surface area contributed by atoms with E-state index in [2.05, 4.69) is 65.7 Å². The summed E-state index contributed by atoms with van der Waals surface area (Å²) >= 11 is 1.65. The Kier molecular flexibility index (Phi) is 7.50. The minimum absolute atomic E-state index is 0.0336. The topological polar surface area (TPSA) is 53.0 Å². The number of aliphatic imine (C=N–C) groups is 1. The zero-order chi connectivity index (χ0) is 20.8. The summed E-state index contributed by atoms with van der Waals surface area (Å²) in [5.41, 5.74) is 3.84. The summed E-state index contributed by atoms with van der Waals surface area (Å²) in [6.45, 7) is 9.67. The summed E-state index contributed by atoms with van der Waals surface area (Å²) < 4.78 is 5.37. The third-order valence-corrected chi connectivity index (χ3v) is 6.37. The van der Waals surface area contributed by atoms with Gasteiger partial charge in [0.05, 0.1) is 18.8 Å². The van der Waals surface area contributed by atoms with Crippen LogP contribution >= 0.6 is 11.3 Å². The minimum Gasteiger partial charge on any atom is -0.375 e. The first-order valence-electron chi connectivity index (χ1n) is 10.3. The highest BCUT2D eigenvalue weighted by Gasteiger charge is 2.24. The van der Waals surface area contributed by atoms with E-state index in [4.69, 9.17) is 14.7 Å². The van der Waals surface area contributed by atoms with E-state index in [1.807, 2.05) is 6.92 Å². The molecule has 6 nitrogen and oxygen atoms in total. The molecule has 1 aliphatic rings. The Morgan fingerprint density at radius 3 is 3.00 bits per heavy atom. The third-order valence-electron chi connectivity index (χ3n) is 5.32. The largest absolute Gasteiger partial charge is 0.375 e. The monoisotopic (exact) mass is 415 g/mol. The normalized spacial score (nSPS) is 17.3. The lowest BCUT2D eigenvalue weighted by atomic mass is 10.1. The Labute approximate surface area is 178 Å². The van der Waals surface area contributed by atoms with Crippen molar-refractivity contribution in [3.63, 3.8) is 0 Å². The van der Waals surface area contributed by atoms with E-state index < -0.39 is 0 Å². The molecule has 2 heterocycles. The average Bonchev–Trinajstić information content (AvgIpc) is 3.31. The number of rotatable bonds is 8. The van der Waals surface area contributed by atoms with E-state index >= 15 is 0 Å². The second-order valence-corrected chi connectivity index (χ2v) is 8.41. The standard InChI is InChI=1S/C22H33N5OS/c1-6-23-22(26(4)14-19-15-29-21(25-19)17(3)28-5)24-11-12-27-16(2)13-18-9-7-8-10-20(18)27/h7-10,15-17H,6,11-14H2,1-5H3,(H,23,24). The second kappa shape index (κ2) is 10.1. The number of anilines is 1. The van der Waals surface area contributed by atoms with E-state index in [1.54, 1.807) is 18.4 Å². The maximum Gasteiger partial charge on any atom is 0.194 e. The Morgan fingerprint density at radius 1 is 1.45 bits per heavy atom. The smallest absolute Gasteiger partial charge is 0.194 e. The van der Waals surface area contributed by atoms with Gasteiger partial charge in [0.25, 0.3) is 0 Å². The van der Waals surface area contributed by atoms with E-state index in [0.717, 1.165) is 49.3 Å². The van der Waals surface area contributed by atoms with Gasteiger partial charge < -0.3 is 19.9 Å². The van der Waals surface area contributed by atoms with Crippen molar-refractivity contribution in [3.8, 4) is 0 Å². The number of para-hydroxylation sites is 1. The van der Waals surface area contributed by atoms with Gasteiger partial charge in [0, 0.05) is 44.4 Å². The number of hydrogen-bond acceptors (Lipinski definition) is 5. The number of methoxy groups -OCH3 is 1. The molecule has 0 spiro atoms. The van der Waals surface area contributed by atoms with Crippen LogP contribution in [0.5, 0.6) is 0 Å². The van der Waals surface area contributed by atoms with Crippen LogP contribution in [0.15, 0.2) is 34.6 Å². The van der Waals surface area contributed by atoms with Crippen molar-refractivity contribution in [2.45, 2.75) is 45.9 Å². The summed E-state index contributed by atoms with van der Waals surface area (Å²) in [4.78, 5) is 14.2. The van der Waals surface area contributed by atoms with Crippen molar-refractivity contribution in [1.82, 2.24) is 15.2 Å². The number of fused-ring (bicyclic) bond motifs is 1. The van der Waals surface area contributed by atoms with Gasteiger partial charge in [-0.05, 0) is 38.8 Å². The predicted octanol–water partition coefficient (Wildman–Crippen LogP) is 3.70. The van der Waals surface area contributed by atoms with Gasteiger partial charge in [-0.3, -0.25) is 4.99 Å². The molecule has 0 amide bonds. The number of guanidine groups is 1. The van der Waals surface area contributed by atoms with Crippen LogP contribution in [-0.4, -0.2) is 55.7 Å². The van der Waals surface area contributed by atoms with Gasteiger partial charge in [0.15, 0.2) is 5.96 Å². The Balaban J connectivity index is 1.61. The van der Waals surface area contributed by atoms with Gasteiger partial charge in [0.2, 0.25) is 0 Å². The summed E-state index contributed by atoms with van der Waals surface area (Å²) in [7, 11) is 3.78. The molecule has 29 heavy (non-hydrogen) atoms. The molecule has 1 aromatic heterocycles. The molecule has 0 radical (unpaired) electrons. The van der Waals surface area contributed by atoms with Crippen molar-refractivity contribution in [2.75, 3.05) is 38.7 Å². The van der Waals surface area contributed by atoms with Crippen LogP contribution in [-0.2, 0) is 17.7 Å². The van der Waals surface area contributed by atoms with Gasteiger partial charge in [-0.2, -0.15) is 0 Å². The van der Waals surface area contributed by atoms with E-state index in [9.17, 15) is 0 Å². The van der Waals surface area contributed by atoms with E-state index in [-0.39, 0.29) is 6.10 Å². The first-order valence-corrected chi connectivity index (χ1v) is 11.2. The lowest BCUT2D eigenvalue weighted by Crippen LogP contribution is -2.39. The minimum atomic E-state index is 0.0336. The van der Waals surface area contributed by atoms with Crippen LogP contribution < -0.4 is 10.2 Å². The molecule has 0 saturated carbocycles. The van der Waals surface area contributed by atoms with Crippen LogP contribution in [0.1, 0.15) is 43.1 Å². The molecule has 1 aliphatic heterocycles. The zero-order valence-electron chi connectivity index (χ0n) is 18.2. The van der Waals surface area contributed by atoms with Crippen LogP contribution in [0, 0.1) is 0 Å². The second-order valence-electron chi connectivity index (χ2n) is 7.52. The highest BCUT2D eigenvalue weighted by molar-refractivity contribution is 7.09. The molecular formula is C22H33N5OS. The first kappa shape index (κ1) is 21.6. The fourth-order valence-electron chi connectivity index (χ4n) is 3.70. The molecule has 0 saturated heterocycles. The Morgan fingerprint density at radius 2 is 2.24 bits per heavy atom. The Hall–Kier alpha value is -2.12. The highest BCUT2D eigenvalue weighted by atomic mass is 32.1. The number of hydrogen-bond donors (Lipinski definition) is 1. The van der Waals surface area contributed by atoms with Crippen molar-refractivity contribution < 1.29 is 4.74 Å². The molecule has 3 rings (SSSR count). The fraction of sp³-hybridized carbons (Fsp3) is 0.545. The highest BCUT2D eigenvalue weighted by Crippen LogP contribution is 2.31. The number of ether oxygens (including phenoxy) is 1. The molecule has 1 N–H and O–H groups in total. The summed E-state index contributed by atoms with van der Waals surface area (Å²) in [6.07, 6.45) is 1.15. The summed E-state index contributed by atoms with van der Waals surface area (Å²) in [5.74, 6) is 0.918. The molecule has 2 atom stereocenters. The molecule has 0 aliphatic carbocycles. The van der Waals surface area contributed by atoms with Crippen LogP contribution in [0.2, 0.25) is 0 Å². The molecule has 2 unspecified atom stereocenters.